The van der Waals surface area contributed by atoms with E-state index in [-0.39, 0.29) is 18.3 Å². The van der Waals surface area contributed by atoms with E-state index in [1.54, 1.807) is 6.92 Å². The van der Waals surface area contributed by atoms with Crippen LogP contribution in [0.1, 0.15) is 19.8 Å². The summed E-state index contributed by atoms with van der Waals surface area (Å²) in [6, 6.07) is 1.42. The Morgan fingerprint density at radius 1 is 1.56 bits per heavy atom. The monoisotopic (exact) mass is 253 g/mol. The van der Waals surface area contributed by atoms with Crippen LogP contribution in [0.4, 0.5) is 5.82 Å². The summed E-state index contributed by atoms with van der Waals surface area (Å²) in [7, 11) is 0. The third-order valence-corrected chi connectivity index (χ3v) is 2.95. The zero-order chi connectivity index (χ0) is 13.2. The fraction of sp³-hybridized carbons (Fsp3) is 0.545. The van der Waals surface area contributed by atoms with Crippen LogP contribution in [0.2, 0.25) is 0 Å². The summed E-state index contributed by atoms with van der Waals surface area (Å²) in [6.07, 6.45) is 3.19. The molecule has 1 saturated carbocycles. The molecule has 7 heteroatoms. The number of aliphatic hydroxyl groups is 1. The molecule has 0 bridgehead atoms. The summed E-state index contributed by atoms with van der Waals surface area (Å²) in [5.41, 5.74) is -0.955. The van der Waals surface area contributed by atoms with E-state index in [1.807, 2.05) is 0 Å². The molecule has 0 aromatic carbocycles. The molecule has 1 aromatic rings. The number of anilines is 1. The molecule has 1 aliphatic rings. The quantitative estimate of drug-likeness (QED) is 0.649. The Morgan fingerprint density at radius 3 is 2.83 bits per heavy atom. The molecule has 2 rings (SSSR count). The minimum Gasteiger partial charge on any atom is -0.388 e. The second kappa shape index (κ2) is 4.77. The van der Waals surface area contributed by atoms with Gasteiger partial charge in [0, 0.05) is 12.6 Å². The van der Waals surface area contributed by atoms with E-state index in [9.17, 15) is 14.7 Å². The zero-order valence-electron chi connectivity index (χ0n) is 9.97. The number of nitrogens with zero attached hydrogens (tertiary/aromatic N) is 1. The number of carbonyl (C=O) groups is 2. The molecule has 3 N–H and O–H groups in total. The molecule has 0 unspecified atom stereocenters. The molecular formula is C11H15N3O4. The number of amides is 2. The van der Waals surface area contributed by atoms with E-state index >= 15 is 0 Å². The number of nitrogens with one attached hydrogen (secondary N) is 2. The Hall–Kier alpha value is -1.89. The molecule has 7 nitrogen and oxygen atoms in total. The van der Waals surface area contributed by atoms with Crippen molar-refractivity contribution >= 4 is 17.6 Å². The van der Waals surface area contributed by atoms with E-state index in [4.69, 9.17) is 0 Å². The highest BCUT2D eigenvalue weighted by Crippen LogP contribution is 2.38. The number of rotatable bonds is 4. The summed E-state index contributed by atoms with van der Waals surface area (Å²) >= 11 is 0. The standard InChI is InChI=1S/C11H15N3O4/c1-11(17,7-2-3-7)6-12-9(15)10(16)13-8-4-5-18-14-8/h4-5,7,17H,2-3,6H2,1H3,(H,12,15)(H,13,14,16)/t11-/m1/s1. The molecule has 1 atom stereocenters. The first-order chi connectivity index (χ1) is 8.49. The average Bonchev–Trinajstić information content (AvgIpc) is 3.07. The Morgan fingerprint density at radius 2 is 2.28 bits per heavy atom. The van der Waals surface area contributed by atoms with Crippen molar-refractivity contribution < 1.29 is 19.2 Å². The van der Waals surface area contributed by atoms with Crippen molar-refractivity contribution in [1.82, 2.24) is 10.5 Å². The Labute approximate surface area is 104 Å². The highest BCUT2D eigenvalue weighted by Gasteiger charge is 2.40. The molecule has 1 fully saturated rings. The minimum atomic E-state index is -0.955. The van der Waals surface area contributed by atoms with Gasteiger partial charge in [0.2, 0.25) is 0 Å². The molecule has 0 saturated heterocycles. The molecule has 0 spiro atoms. The van der Waals surface area contributed by atoms with Gasteiger partial charge in [-0.15, -0.1) is 0 Å². The zero-order valence-corrected chi connectivity index (χ0v) is 9.97. The van der Waals surface area contributed by atoms with Crippen LogP contribution in [0.25, 0.3) is 0 Å². The van der Waals surface area contributed by atoms with Crippen LogP contribution in [-0.4, -0.2) is 34.2 Å². The normalized spacial score (nSPS) is 17.9. The van der Waals surface area contributed by atoms with Gasteiger partial charge in [0.15, 0.2) is 5.82 Å². The number of carbonyl (C=O) groups excluding carboxylic acids is 2. The lowest BCUT2D eigenvalue weighted by Crippen LogP contribution is -2.45. The fourth-order valence-electron chi connectivity index (χ4n) is 1.64. The first-order valence-electron chi connectivity index (χ1n) is 5.71. The van der Waals surface area contributed by atoms with Crippen molar-refractivity contribution in [3.63, 3.8) is 0 Å². The minimum absolute atomic E-state index is 0.0583. The van der Waals surface area contributed by atoms with Crippen molar-refractivity contribution in [2.45, 2.75) is 25.4 Å². The van der Waals surface area contributed by atoms with Gasteiger partial charge in [0.05, 0.1) is 5.60 Å². The van der Waals surface area contributed by atoms with Crippen molar-refractivity contribution in [3.8, 4) is 0 Å². The first kappa shape index (κ1) is 12.6. The summed E-state index contributed by atoms with van der Waals surface area (Å²) in [5.74, 6) is -1.27. The van der Waals surface area contributed by atoms with E-state index in [1.165, 1.54) is 12.3 Å². The summed E-state index contributed by atoms with van der Waals surface area (Å²) in [4.78, 5) is 22.9. The van der Waals surface area contributed by atoms with Gasteiger partial charge in [-0.2, -0.15) is 0 Å². The molecule has 0 radical (unpaired) electrons. The molecule has 1 heterocycles. The highest BCUT2D eigenvalue weighted by molar-refractivity contribution is 6.39. The largest absolute Gasteiger partial charge is 0.388 e. The summed E-state index contributed by atoms with van der Waals surface area (Å²) < 4.78 is 4.51. The van der Waals surface area contributed by atoms with Crippen LogP contribution in [-0.2, 0) is 9.59 Å². The lowest BCUT2D eigenvalue weighted by molar-refractivity contribution is -0.136. The predicted octanol–water partition coefficient (Wildman–Crippen LogP) is -0.110. The van der Waals surface area contributed by atoms with Gasteiger partial charge in [-0.25, -0.2) is 0 Å². The highest BCUT2D eigenvalue weighted by atomic mass is 16.5. The second-order valence-electron chi connectivity index (χ2n) is 4.65. The number of aromatic nitrogens is 1. The smallest absolute Gasteiger partial charge is 0.314 e. The Kier molecular flexibility index (Phi) is 3.33. The van der Waals surface area contributed by atoms with Crippen molar-refractivity contribution in [2.24, 2.45) is 5.92 Å². The third kappa shape index (κ3) is 3.07. The first-order valence-corrected chi connectivity index (χ1v) is 5.71. The maximum absolute atomic E-state index is 11.5. The lowest BCUT2D eigenvalue weighted by Gasteiger charge is -2.22. The van der Waals surface area contributed by atoms with Crippen molar-refractivity contribution in [1.29, 1.82) is 0 Å². The molecule has 2 amide bonds. The van der Waals surface area contributed by atoms with E-state index < -0.39 is 17.4 Å². The van der Waals surface area contributed by atoms with E-state index in [0.717, 1.165) is 12.8 Å². The SMILES string of the molecule is C[C@@](O)(CNC(=O)C(=O)Nc1ccon1)C1CC1. The predicted molar refractivity (Wildman–Crippen MR) is 61.5 cm³/mol. The molecule has 0 aliphatic heterocycles. The summed E-state index contributed by atoms with van der Waals surface area (Å²) in [5, 5.41) is 18.1. The Bertz CT molecular complexity index is 437. The van der Waals surface area contributed by atoms with Gasteiger partial charge in [0.25, 0.3) is 0 Å². The third-order valence-electron chi connectivity index (χ3n) is 2.95. The van der Waals surface area contributed by atoms with Crippen LogP contribution in [0.15, 0.2) is 16.9 Å². The van der Waals surface area contributed by atoms with Gasteiger partial charge in [-0.1, -0.05) is 5.16 Å². The van der Waals surface area contributed by atoms with Gasteiger partial charge in [-0.05, 0) is 25.7 Å². The number of hydrogen-bond donors (Lipinski definition) is 3. The van der Waals surface area contributed by atoms with E-state index in [0.29, 0.717) is 0 Å². The van der Waals surface area contributed by atoms with Gasteiger partial charge in [0.1, 0.15) is 6.26 Å². The fourth-order valence-corrected chi connectivity index (χ4v) is 1.64. The molecule has 98 valence electrons. The maximum Gasteiger partial charge on any atom is 0.314 e. The molecule has 18 heavy (non-hydrogen) atoms. The molecular weight excluding hydrogens is 238 g/mol. The van der Waals surface area contributed by atoms with Crippen LogP contribution in [0, 0.1) is 5.92 Å². The van der Waals surface area contributed by atoms with Crippen LogP contribution < -0.4 is 10.6 Å². The van der Waals surface area contributed by atoms with Gasteiger partial charge in [-0.3, -0.25) is 14.9 Å². The maximum atomic E-state index is 11.5. The number of hydrogen-bond acceptors (Lipinski definition) is 5. The molecule has 1 aromatic heterocycles. The van der Waals surface area contributed by atoms with Gasteiger partial charge < -0.3 is 14.9 Å². The Balaban J connectivity index is 1.79. The van der Waals surface area contributed by atoms with Crippen LogP contribution >= 0.6 is 0 Å². The second-order valence-corrected chi connectivity index (χ2v) is 4.65. The van der Waals surface area contributed by atoms with Crippen LogP contribution in [0.3, 0.4) is 0 Å². The van der Waals surface area contributed by atoms with Crippen molar-refractivity contribution in [2.75, 3.05) is 11.9 Å². The van der Waals surface area contributed by atoms with Crippen LogP contribution in [0.5, 0.6) is 0 Å². The van der Waals surface area contributed by atoms with Gasteiger partial charge >= 0.3 is 11.8 Å². The average molecular weight is 253 g/mol. The van der Waals surface area contributed by atoms with E-state index in [2.05, 4.69) is 20.3 Å². The topological polar surface area (TPSA) is 104 Å². The lowest BCUT2D eigenvalue weighted by atomic mass is 10.0. The molecule has 1 aliphatic carbocycles. The van der Waals surface area contributed by atoms with Crippen molar-refractivity contribution in [3.05, 3.63) is 12.3 Å². The summed E-state index contributed by atoms with van der Waals surface area (Å²) in [6.45, 7) is 1.71.